The molecule has 102 valence electrons. The van der Waals surface area contributed by atoms with Gasteiger partial charge in [0.05, 0.1) is 31.1 Å². The number of carboxylic acid groups (broad SMARTS) is 1. The van der Waals surface area contributed by atoms with E-state index in [2.05, 4.69) is 15.6 Å². The smallest absolute Gasteiger partial charge is 0.319 e. The molecule has 0 aromatic carbocycles. The van der Waals surface area contributed by atoms with Crippen molar-refractivity contribution in [2.45, 2.75) is 13.0 Å². The molecule has 0 aliphatic carbocycles. The first-order valence-corrected chi connectivity index (χ1v) is 5.81. The summed E-state index contributed by atoms with van der Waals surface area (Å²) in [5.74, 6) is -0.989. The minimum absolute atomic E-state index is 0.0835. The number of nitrogens with zero attached hydrogens (tertiary/aromatic N) is 1. The Morgan fingerprint density at radius 1 is 1.58 bits per heavy atom. The number of ether oxygens (including phenoxy) is 1. The lowest BCUT2D eigenvalue weighted by Crippen LogP contribution is -2.50. The summed E-state index contributed by atoms with van der Waals surface area (Å²) in [5.41, 5.74) is -0.567. The lowest BCUT2D eigenvalue weighted by molar-refractivity contribution is -0.148. The number of anilines is 1. The zero-order valence-electron chi connectivity index (χ0n) is 10.4. The maximum Gasteiger partial charge on any atom is 0.319 e. The Kier molecular flexibility index (Phi) is 3.66. The van der Waals surface area contributed by atoms with Gasteiger partial charge in [0.2, 0.25) is 0 Å². The number of carbonyl (C=O) groups is 2. The van der Waals surface area contributed by atoms with E-state index >= 15 is 0 Å². The Labute approximate surface area is 110 Å². The van der Waals surface area contributed by atoms with Gasteiger partial charge in [0.25, 0.3) is 0 Å². The van der Waals surface area contributed by atoms with Crippen LogP contribution in [-0.2, 0) is 9.53 Å². The molecule has 2 rings (SSSR count). The quantitative estimate of drug-likeness (QED) is 0.746. The second-order valence-electron chi connectivity index (χ2n) is 4.63. The molecular weight excluding hydrogens is 250 g/mol. The highest BCUT2D eigenvalue weighted by atomic mass is 16.5. The van der Waals surface area contributed by atoms with Gasteiger partial charge in [0.15, 0.2) is 0 Å². The molecule has 1 saturated heterocycles. The molecule has 0 saturated carbocycles. The van der Waals surface area contributed by atoms with Gasteiger partial charge in [-0.3, -0.25) is 9.78 Å². The predicted molar refractivity (Wildman–Crippen MR) is 66.7 cm³/mol. The number of pyridine rings is 1. The number of aliphatic carboxylic acids is 1. The Hall–Kier alpha value is -2.15. The molecule has 0 bridgehead atoms. The van der Waals surface area contributed by atoms with Crippen LogP contribution in [0.25, 0.3) is 0 Å². The van der Waals surface area contributed by atoms with E-state index in [1.54, 1.807) is 25.3 Å². The summed E-state index contributed by atoms with van der Waals surface area (Å²) in [7, 11) is 0. The van der Waals surface area contributed by atoms with Crippen molar-refractivity contribution in [2.24, 2.45) is 5.41 Å². The minimum Gasteiger partial charge on any atom is -0.481 e. The Balaban J connectivity index is 1.97. The van der Waals surface area contributed by atoms with Gasteiger partial charge in [-0.15, -0.1) is 0 Å². The summed E-state index contributed by atoms with van der Waals surface area (Å²) >= 11 is 0. The average molecular weight is 265 g/mol. The highest BCUT2D eigenvalue weighted by Gasteiger charge is 2.47. The van der Waals surface area contributed by atoms with Gasteiger partial charge in [-0.1, -0.05) is 0 Å². The largest absolute Gasteiger partial charge is 0.481 e. The molecule has 2 amide bonds. The van der Waals surface area contributed by atoms with E-state index in [0.29, 0.717) is 5.69 Å². The summed E-state index contributed by atoms with van der Waals surface area (Å²) in [6.07, 6.45) is 3.09. The molecule has 1 aliphatic rings. The van der Waals surface area contributed by atoms with Crippen molar-refractivity contribution in [3.63, 3.8) is 0 Å². The number of rotatable bonds is 3. The van der Waals surface area contributed by atoms with Gasteiger partial charge in [-0.05, 0) is 19.1 Å². The van der Waals surface area contributed by atoms with Gasteiger partial charge >= 0.3 is 12.0 Å². The number of urea groups is 1. The molecule has 19 heavy (non-hydrogen) atoms. The molecule has 0 spiro atoms. The van der Waals surface area contributed by atoms with Crippen LogP contribution in [0.5, 0.6) is 0 Å². The number of amides is 2. The number of aromatic nitrogens is 1. The highest BCUT2D eigenvalue weighted by molar-refractivity contribution is 5.90. The topological polar surface area (TPSA) is 101 Å². The molecule has 1 fully saturated rings. The monoisotopic (exact) mass is 265 g/mol. The van der Waals surface area contributed by atoms with E-state index in [9.17, 15) is 14.7 Å². The van der Waals surface area contributed by atoms with Crippen LogP contribution in [-0.4, -0.2) is 41.3 Å². The van der Waals surface area contributed by atoms with Gasteiger partial charge < -0.3 is 20.5 Å². The van der Waals surface area contributed by atoms with Crippen molar-refractivity contribution in [2.75, 3.05) is 18.5 Å². The van der Waals surface area contributed by atoms with Crippen molar-refractivity contribution in [3.8, 4) is 0 Å². The van der Waals surface area contributed by atoms with Crippen LogP contribution in [0.4, 0.5) is 10.5 Å². The van der Waals surface area contributed by atoms with E-state index < -0.39 is 23.5 Å². The van der Waals surface area contributed by atoms with Crippen LogP contribution in [0.3, 0.4) is 0 Å². The third kappa shape index (κ3) is 2.82. The molecule has 2 unspecified atom stereocenters. The van der Waals surface area contributed by atoms with Crippen LogP contribution in [0.2, 0.25) is 0 Å². The molecule has 7 heteroatoms. The normalized spacial score (nSPS) is 25.8. The fourth-order valence-electron chi connectivity index (χ4n) is 1.85. The fraction of sp³-hybridized carbons (Fsp3) is 0.417. The standard InChI is InChI=1S/C12H15N3O4/c1-12(10(16)17)7-19-6-9(12)15-11(18)14-8-3-2-4-13-5-8/h2-5,9H,6-7H2,1H3,(H,16,17)(H2,14,15,18). The van der Waals surface area contributed by atoms with Gasteiger partial charge in [0, 0.05) is 6.20 Å². The summed E-state index contributed by atoms with van der Waals surface area (Å²) in [6.45, 7) is 1.82. The highest BCUT2D eigenvalue weighted by Crippen LogP contribution is 2.28. The maximum atomic E-state index is 11.8. The first kappa shape index (κ1) is 13.3. The van der Waals surface area contributed by atoms with Crippen LogP contribution in [0.1, 0.15) is 6.92 Å². The summed E-state index contributed by atoms with van der Waals surface area (Å²) in [6, 6.07) is 2.33. The first-order chi connectivity index (χ1) is 9.02. The summed E-state index contributed by atoms with van der Waals surface area (Å²) < 4.78 is 5.15. The van der Waals surface area contributed by atoms with E-state index in [1.807, 2.05) is 0 Å². The molecule has 3 N–H and O–H groups in total. The summed E-state index contributed by atoms with van der Waals surface area (Å²) in [4.78, 5) is 26.9. The van der Waals surface area contributed by atoms with Crippen LogP contribution in [0.15, 0.2) is 24.5 Å². The molecule has 2 heterocycles. The van der Waals surface area contributed by atoms with Gasteiger partial charge in [-0.25, -0.2) is 4.79 Å². The molecule has 7 nitrogen and oxygen atoms in total. The van der Waals surface area contributed by atoms with E-state index in [1.165, 1.54) is 6.20 Å². The minimum atomic E-state index is -1.10. The van der Waals surface area contributed by atoms with Crippen molar-refractivity contribution in [1.29, 1.82) is 0 Å². The lowest BCUT2D eigenvalue weighted by Gasteiger charge is -2.25. The average Bonchev–Trinajstić information content (AvgIpc) is 2.73. The van der Waals surface area contributed by atoms with Crippen molar-refractivity contribution in [3.05, 3.63) is 24.5 Å². The van der Waals surface area contributed by atoms with E-state index in [-0.39, 0.29) is 13.2 Å². The Morgan fingerprint density at radius 3 is 3.00 bits per heavy atom. The van der Waals surface area contributed by atoms with Crippen molar-refractivity contribution >= 4 is 17.7 Å². The number of hydrogen-bond donors (Lipinski definition) is 3. The van der Waals surface area contributed by atoms with E-state index in [4.69, 9.17) is 4.74 Å². The van der Waals surface area contributed by atoms with Crippen LogP contribution in [0, 0.1) is 5.41 Å². The zero-order chi connectivity index (χ0) is 13.9. The van der Waals surface area contributed by atoms with E-state index in [0.717, 1.165) is 0 Å². The molecular formula is C12H15N3O4. The third-order valence-electron chi connectivity index (χ3n) is 3.17. The fourth-order valence-corrected chi connectivity index (χ4v) is 1.85. The Bertz CT molecular complexity index is 479. The third-order valence-corrected chi connectivity index (χ3v) is 3.17. The predicted octanol–water partition coefficient (Wildman–Crippen LogP) is 0.693. The zero-order valence-corrected chi connectivity index (χ0v) is 10.4. The number of hydrogen-bond acceptors (Lipinski definition) is 4. The summed E-state index contributed by atoms with van der Waals surface area (Å²) in [5, 5.41) is 14.4. The van der Waals surface area contributed by atoms with Crippen LogP contribution < -0.4 is 10.6 Å². The lowest BCUT2D eigenvalue weighted by atomic mass is 9.85. The van der Waals surface area contributed by atoms with Gasteiger partial charge in [0.1, 0.15) is 5.41 Å². The van der Waals surface area contributed by atoms with Crippen molar-refractivity contribution < 1.29 is 19.4 Å². The number of carbonyl (C=O) groups excluding carboxylic acids is 1. The Morgan fingerprint density at radius 2 is 2.37 bits per heavy atom. The second-order valence-corrected chi connectivity index (χ2v) is 4.63. The van der Waals surface area contributed by atoms with Crippen molar-refractivity contribution in [1.82, 2.24) is 10.3 Å². The molecule has 0 radical (unpaired) electrons. The second kappa shape index (κ2) is 5.23. The van der Waals surface area contributed by atoms with Crippen LogP contribution >= 0.6 is 0 Å². The SMILES string of the molecule is CC1(C(=O)O)COCC1NC(=O)Nc1cccnc1. The first-order valence-electron chi connectivity index (χ1n) is 5.81. The number of nitrogens with one attached hydrogen (secondary N) is 2. The number of carboxylic acids is 1. The molecule has 2 atom stereocenters. The van der Waals surface area contributed by atoms with Gasteiger partial charge in [-0.2, -0.15) is 0 Å². The maximum absolute atomic E-state index is 11.8. The molecule has 1 aromatic rings. The molecule has 1 aromatic heterocycles. The molecule has 1 aliphatic heterocycles.